The first kappa shape index (κ1) is 16.4. The van der Waals surface area contributed by atoms with E-state index in [1.807, 2.05) is 30.3 Å². The van der Waals surface area contributed by atoms with Gasteiger partial charge in [-0.25, -0.2) is 19.2 Å². The summed E-state index contributed by atoms with van der Waals surface area (Å²) in [6.07, 6.45) is 0. The molecule has 1 amide bonds. The van der Waals surface area contributed by atoms with Crippen LogP contribution in [0.3, 0.4) is 0 Å². The number of aromatic nitrogens is 2. The standard InChI is InChI=1S/C16H13F2N3O2S/c17-11-6-13-14(7-12(11)18)20-16(19-13)24-9-15(22)21-23-8-10-4-2-1-3-5-10/h1-7H,8-9H2,(H,19,20)(H,21,22). The predicted octanol–water partition coefficient (Wildman–Crippen LogP) is 3.18. The predicted molar refractivity (Wildman–Crippen MR) is 86.1 cm³/mol. The van der Waals surface area contributed by atoms with Crippen LogP contribution in [0.1, 0.15) is 5.56 Å². The van der Waals surface area contributed by atoms with E-state index in [-0.39, 0.29) is 18.3 Å². The van der Waals surface area contributed by atoms with Crippen LogP contribution in [0.4, 0.5) is 8.78 Å². The van der Waals surface area contributed by atoms with Crippen molar-refractivity contribution in [3.05, 3.63) is 59.7 Å². The molecule has 0 spiro atoms. The number of amides is 1. The van der Waals surface area contributed by atoms with Gasteiger partial charge in [0.05, 0.1) is 23.4 Å². The van der Waals surface area contributed by atoms with E-state index >= 15 is 0 Å². The molecule has 0 aliphatic carbocycles. The number of aromatic amines is 1. The summed E-state index contributed by atoms with van der Waals surface area (Å²) in [6, 6.07) is 11.5. The van der Waals surface area contributed by atoms with Crippen LogP contribution in [0.5, 0.6) is 0 Å². The second-order valence-electron chi connectivity index (χ2n) is 4.91. The number of benzene rings is 2. The minimum Gasteiger partial charge on any atom is -0.333 e. The third-order valence-corrected chi connectivity index (χ3v) is 3.98. The Morgan fingerprint density at radius 1 is 1.21 bits per heavy atom. The molecule has 0 bridgehead atoms. The average Bonchev–Trinajstić information content (AvgIpc) is 2.96. The van der Waals surface area contributed by atoms with Crippen LogP contribution < -0.4 is 5.48 Å². The van der Waals surface area contributed by atoms with Gasteiger partial charge >= 0.3 is 0 Å². The molecule has 3 aromatic rings. The van der Waals surface area contributed by atoms with Crippen molar-refractivity contribution in [2.24, 2.45) is 0 Å². The number of imidazole rings is 1. The van der Waals surface area contributed by atoms with Crippen molar-refractivity contribution >= 4 is 28.7 Å². The first-order chi connectivity index (χ1) is 11.6. The number of hydrogen-bond acceptors (Lipinski definition) is 4. The van der Waals surface area contributed by atoms with Crippen molar-refractivity contribution in [1.29, 1.82) is 0 Å². The summed E-state index contributed by atoms with van der Waals surface area (Å²) in [5, 5.41) is 0.396. The van der Waals surface area contributed by atoms with E-state index in [9.17, 15) is 13.6 Å². The number of carbonyl (C=O) groups is 1. The van der Waals surface area contributed by atoms with Crippen molar-refractivity contribution in [3.63, 3.8) is 0 Å². The van der Waals surface area contributed by atoms with Gasteiger partial charge in [0.2, 0.25) is 0 Å². The molecule has 0 saturated carbocycles. The molecule has 5 nitrogen and oxygen atoms in total. The molecule has 0 radical (unpaired) electrons. The third-order valence-electron chi connectivity index (χ3n) is 3.11. The van der Waals surface area contributed by atoms with Crippen LogP contribution in [0, 0.1) is 11.6 Å². The van der Waals surface area contributed by atoms with Gasteiger partial charge in [-0.15, -0.1) is 0 Å². The van der Waals surface area contributed by atoms with E-state index in [1.54, 1.807) is 0 Å². The molecule has 2 N–H and O–H groups in total. The molecule has 2 aromatic carbocycles. The smallest absolute Gasteiger partial charge is 0.254 e. The Morgan fingerprint density at radius 2 is 1.96 bits per heavy atom. The molecule has 0 saturated heterocycles. The molecule has 0 atom stereocenters. The number of nitrogens with zero attached hydrogens (tertiary/aromatic N) is 1. The lowest BCUT2D eigenvalue weighted by Gasteiger charge is -2.05. The van der Waals surface area contributed by atoms with Gasteiger partial charge in [-0.3, -0.25) is 9.63 Å². The molecule has 0 fully saturated rings. The summed E-state index contributed by atoms with van der Waals surface area (Å²) in [7, 11) is 0. The van der Waals surface area contributed by atoms with Crippen molar-refractivity contribution in [3.8, 4) is 0 Å². The van der Waals surface area contributed by atoms with E-state index in [0.29, 0.717) is 16.2 Å². The van der Waals surface area contributed by atoms with E-state index in [1.165, 1.54) is 0 Å². The SMILES string of the molecule is O=C(CSc1nc2cc(F)c(F)cc2[nH]1)NOCc1ccccc1. The van der Waals surface area contributed by atoms with Crippen molar-refractivity contribution in [2.75, 3.05) is 5.75 Å². The summed E-state index contributed by atoms with van der Waals surface area (Å²) in [5.74, 6) is -2.19. The molecular weight excluding hydrogens is 336 g/mol. The lowest BCUT2D eigenvalue weighted by Crippen LogP contribution is -2.25. The summed E-state index contributed by atoms with van der Waals surface area (Å²) in [5.41, 5.74) is 3.94. The van der Waals surface area contributed by atoms with Gasteiger partial charge in [0.15, 0.2) is 16.8 Å². The minimum atomic E-state index is -0.961. The van der Waals surface area contributed by atoms with E-state index in [4.69, 9.17) is 4.84 Å². The summed E-state index contributed by atoms with van der Waals surface area (Å²) in [6.45, 7) is 0.264. The monoisotopic (exact) mass is 349 g/mol. The quantitative estimate of drug-likeness (QED) is 0.530. The first-order valence-electron chi connectivity index (χ1n) is 7.04. The Bertz CT molecular complexity index is 816. The fraction of sp³-hybridized carbons (Fsp3) is 0.125. The second kappa shape index (κ2) is 7.41. The number of hydroxylamine groups is 1. The number of carbonyl (C=O) groups excluding carboxylic acids is 1. The molecule has 0 aliphatic rings. The highest BCUT2D eigenvalue weighted by molar-refractivity contribution is 7.99. The normalized spacial score (nSPS) is 10.9. The zero-order valence-corrected chi connectivity index (χ0v) is 13.2. The van der Waals surface area contributed by atoms with E-state index < -0.39 is 11.6 Å². The highest BCUT2D eigenvalue weighted by atomic mass is 32.2. The van der Waals surface area contributed by atoms with Gasteiger partial charge in [-0.05, 0) is 5.56 Å². The summed E-state index contributed by atoms with van der Waals surface area (Å²) < 4.78 is 26.3. The lowest BCUT2D eigenvalue weighted by atomic mass is 10.2. The highest BCUT2D eigenvalue weighted by Gasteiger charge is 2.10. The maximum atomic E-state index is 13.1. The number of thioether (sulfide) groups is 1. The number of halogens is 2. The number of H-pyrrole nitrogens is 1. The zero-order valence-electron chi connectivity index (χ0n) is 12.4. The Morgan fingerprint density at radius 3 is 2.75 bits per heavy atom. The fourth-order valence-electron chi connectivity index (χ4n) is 1.99. The maximum absolute atomic E-state index is 13.1. The van der Waals surface area contributed by atoms with Crippen LogP contribution in [0.2, 0.25) is 0 Å². The molecule has 0 aliphatic heterocycles. The van der Waals surface area contributed by atoms with Crippen LogP contribution in [0.15, 0.2) is 47.6 Å². The summed E-state index contributed by atoms with van der Waals surface area (Å²) in [4.78, 5) is 23.7. The van der Waals surface area contributed by atoms with Crippen LogP contribution >= 0.6 is 11.8 Å². The number of hydrogen-bond donors (Lipinski definition) is 2. The molecule has 0 unspecified atom stereocenters. The van der Waals surface area contributed by atoms with Crippen LogP contribution in [0.25, 0.3) is 11.0 Å². The maximum Gasteiger partial charge on any atom is 0.254 e. The third kappa shape index (κ3) is 4.09. The first-order valence-corrected chi connectivity index (χ1v) is 8.02. The minimum absolute atomic E-state index is 0.0551. The number of nitrogens with one attached hydrogen (secondary N) is 2. The molecule has 24 heavy (non-hydrogen) atoms. The largest absolute Gasteiger partial charge is 0.333 e. The van der Waals surface area contributed by atoms with Gasteiger partial charge < -0.3 is 4.98 Å². The zero-order chi connectivity index (χ0) is 16.9. The van der Waals surface area contributed by atoms with E-state index in [2.05, 4.69) is 15.4 Å². The van der Waals surface area contributed by atoms with Gasteiger partial charge in [-0.2, -0.15) is 0 Å². The Labute approximate surface area is 140 Å². The number of rotatable bonds is 6. The van der Waals surface area contributed by atoms with Crippen LogP contribution in [-0.2, 0) is 16.2 Å². The average molecular weight is 349 g/mol. The van der Waals surface area contributed by atoms with Gasteiger partial charge in [0.25, 0.3) is 5.91 Å². The fourth-order valence-corrected chi connectivity index (χ4v) is 2.66. The second-order valence-corrected chi connectivity index (χ2v) is 5.88. The molecular formula is C16H13F2N3O2S. The molecule has 1 aromatic heterocycles. The van der Waals surface area contributed by atoms with Gasteiger partial charge in [0, 0.05) is 12.1 Å². The lowest BCUT2D eigenvalue weighted by molar-refractivity contribution is -0.131. The molecule has 1 heterocycles. The van der Waals surface area contributed by atoms with Gasteiger partial charge in [0.1, 0.15) is 0 Å². The molecule has 3 rings (SSSR count). The number of fused-ring (bicyclic) bond motifs is 1. The van der Waals surface area contributed by atoms with E-state index in [0.717, 1.165) is 29.5 Å². The topological polar surface area (TPSA) is 67.0 Å². The Hall–Kier alpha value is -2.45. The summed E-state index contributed by atoms with van der Waals surface area (Å²) >= 11 is 1.11. The van der Waals surface area contributed by atoms with Crippen molar-refractivity contribution in [1.82, 2.24) is 15.4 Å². The van der Waals surface area contributed by atoms with Gasteiger partial charge in [-0.1, -0.05) is 42.1 Å². The van der Waals surface area contributed by atoms with Crippen molar-refractivity contribution < 1.29 is 18.4 Å². The van der Waals surface area contributed by atoms with Crippen LogP contribution in [-0.4, -0.2) is 21.6 Å². The Balaban J connectivity index is 1.49. The highest BCUT2D eigenvalue weighted by Crippen LogP contribution is 2.21. The van der Waals surface area contributed by atoms with Crippen molar-refractivity contribution in [2.45, 2.75) is 11.8 Å². The molecule has 8 heteroatoms. The molecule has 124 valence electrons. The Kier molecular flexibility index (Phi) is 5.07.